The van der Waals surface area contributed by atoms with Crippen LogP contribution in [-0.2, 0) is 0 Å². The Morgan fingerprint density at radius 3 is 1.81 bits per heavy atom. The number of carbonyl (C=O) groups is 3. The lowest BCUT2D eigenvalue weighted by atomic mass is 9.68. The molecule has 3 aromatic carbocycles. The maximum atomic E-state index is 15.0. The summed E-state index contributed by atoms with van der Waals surface area (Å²) >= 11 is 0. The molecule has 0 aromatic heterocycles. The van der Waals surface area contributed by atoms with E-state index in [1.165, 1.54) is 20.3 Å². The standard InChI is InChI=1S/C34H40FN3O5/c1-22-27(14-9-15-30(22)35)31-28(32(39)23-10-7-12-25(18-23)42-5)20-38(34(41)37(4)17-16-36(2)3)21-29(31)33(40)24-11-8-13-26(19-24)43-6/h7-15,18-19,28-29,31H,16-17,20-21H2,1-6H3/t28-,29-/m0/s1. The fourth-order valence-electron chi connectivity index (χ4n) is 5.79. The first kappa shape index (κ1) is 31.7. The molecular weight excluding hydrogens is 549 g/mol. The van der Waals surface area contributed by atoms with Crippen LogP contribution >= 0.6 is 0 Å². The molecule has 1 aliphatic rings. The first-order valence-corrected chi connectivity index (χ1v) is 14.3. The minimum Gasteiger partial charge on any atom is -0.497 e. The Hall–Kier alpha value is -4.24. The molecule has 0 saturated carbocycles. The number of ketones is 2. The van der Waals surface area contributed by atoms with E-state index >= 15 is 4.39 Å². The maximum absolute atomic E-state index is 15.0. The quantitative estimate of drug-likeness (QED) is 0.304. The van der Waals surface area contributed by atoms with Gasteiger partial charge in [-0.2, -0.15) is 0 Å². The van der Waals surface area contributed by atoms with Crippen molar-refractivity contribution in [3.05, 3.63) is 94.8 Å². The first-order chi connectivity index (χ1) is 20.5. The number of nitrogens with zero attached hydrogens (tertiary/aromatic N) is 3. The van der Waals surface area contributed by atoms with Crippen molar-refractivity contribution in [2.45, 2.75) is 12.8 Å². The molecule has 9 heteroatoms. The van der Waals surface area contributed by atoms with Gasteiger partial charge < -0.3 is 24.2 Å². The molecule has 1 saturated heterocycles. The van der Waals surface area contributed by atoms with Crippen molar-refractivity contribution in [3.8, 4) is 11.5 Å². The van der Waals surface area contributed by atoms with E-state index in [4.69, 9.17) is 9.47 Å². The Morgan fingerprint density at radius 1 is 0.814 bits per heavy atom. The van der Waals surface area contributed by atoms with Gasteiger partial charge in [-0.15, -0.1) is 0 Å². The molecule has 0 aliphatic carbocycles. The van der Waals surface area contributed by atoms with E-state index in [1.54, 1.807) is 84.4 Å². The summed E-state index contributed by atoms with van der Waals surface area (Å²) in [5.41, 5.74) is 1.75. The number of hydrogen-bond acceptors (Lipinski definition) is 6. The van der Waals surface area contributed by atoms with E-state index < -0.39 is 23.6 Å². The fourth-order valence-corrected chi connectivity index (χ4v) is 5.79. The van der Waals surface area contributed by atoms with Gasteiger partial charge in [0.25, 0.3) is 0 Å². The molecule has 0 bridgehead atoms. The highest BCUT2D eigenvalue weighted by atomic mass is 19.1. The summed E-state index contributed by atoms with van der Waals surface area (Å²) in [6, 6.07) is 18.1. The van der Waals surface area contributed by atoms with Crippen LogP contribution in [-0.4, -0.2) is 93.8 Å². The molecule has 4 rings (SSSR count). The third kappa shape index (κ3) is 7.05. The lowest BCUT2D eigenvalue weighted by Crippen LogP contribution is -2.55. The minimum absolute atomic E-state index is 0.0731. The number of urea groups is 1. The number of Topliss-reactive ketones (excluding diaryl/α,β-unsaturated/α-hetero) is 2. The monoisotopic (exact) mass is 589 g/mol. The van der Waals surface area contributed by atoms with Crippen molar-refractivity contribution in [3.63, 3.8) is 0 Å². The number of amides is 2. The van der Waals surface area contributed by atoms with Crippen LogP contribution in [0, 0.1) is 24.6 Å². The number of hydrogen-bond donors (Lipinski definition) is 0. The van der Waals surface area contributed by atoms with Crippen LogP contribution in [0.2, 0.25) is 0 Å². The van der Waals surface area contributed by atoms with Gasteiger partial charge in [0.1, 0.15) is 17.3 Å². The highest BCUT2D eigenvalue weighted by molar-refractivity contribution is 6.03. The summed E-state index contributed by atoms with van der Waals surface area (Å²) in [5.74, 6) is -2.22. The van der Waals surface area contributed by atoms with E-state index in [2.05, 4.69) is 0 Å². The van der Waals surface area contributed by atoms with Gasteiger partial charge >= 0.3 is 6.03 Å². The number of rotatable bonds is 10. The lowest BCUT2D eigenvalue weighted by Gasteiger charge is -2.44. The Bertz CT molecular complexity index is 1410. The number of methoxy groups -OCH3 is 2. The van der Waals surface area contributed by atoms with E-state index in [0.717, 1.165) is 0 Å². The Morgan fingerprint density at radius 2 is 1.33 bits per heavy atom. The number of likely N-dealkylation sites (tertiary alicyclic amines) is 1. The van der Waals surface area contributed by atoms with Gasteiger partial charge in [0.05, 0.1) is 14.2 Å². The van der Waals surface area contributed by atoms with Crippen LogP contribution in [0.3, 0.4) is 0 Å². The van der Waals surface area contributed by atoms with Gasteiger partial charge in [-0.3, -0.25) is 9.59 Å². The molecule has 43 heavy (non-hydrogen) atoms. The largest absolute Gasteiger partial charge is 0.497 e. The van der Waals surface area contributed by atoms with Gasteiger partial charge in [-0.05, 0) is 62.5 Å². The predicted octanol–water partition coefficient (Wildman–Crippen LogP) is 5.16. The van der Waals surface area contributed by atoms with Crippen LogP contribution < -0.4 is 9.47 Å². The Balaban J connectivity index is 1.86. The maximum Gasteiger partial charge on any atom is 0.319 e. The van der Waals surface area contributed by atoms with Crippen LogP contribution in [0.1, 0.15) is 37.8 Å². The second-order valence-electron chi connectivity index (χ2n) is 11.3. The number of carbonyl (C=O) groups excluding carboxylic acids is 3. The summed E-state index contributed by atoms with van der Waals surface area (Å²) in [4.78, 5) is 47.7. The van der Waals surface area contributed by atoms with Crippen molar-refractivity contribution < 1.29 is 28.2 Å². The molecule has 0 radical (unpaired) electrons. The topological polar surface area (TPSA) is 79.4 Å². The average molecular weight is 590 g/mol. The molecule has 2 atom stereocenters. The summed E-state index contributed by atoms with van der Waals surface area (Å²) in [7, 11) is 8.62. The normalized spacial score (nSPS) is 17.1. The molecule has 0 spiro atoms. The SMILES string of the molecule is COc1cccc(C(=O)[C@H]2CN(C(=O)N(C)CCN(C)C)C[C@H](C(=O)c3cccc(OC)c3)C2c2cccc(F)c2C)c1. The molecule has 1 fully saturated rings. The van der Waals surface area contributed by atoms with Gasteiger partial charge in [-0.1, -0.05) is 36.4 Å². The van der Waals surface area contributed by atoms with Gasteiger partial charge in [-0.25, -0.2) is 9.18 Å². The predicted molar refractivity (Wildman–Crippen MR) is 164 cm³/mol. The van der Waals surface area contributed by atoms with E-state index in [0.29, 0.717) is 46.8 Å². The van der Waals surface area contributed by atoms with E-state index in [1.807, 2.05) is 19.0 Å². The molecule has 8 nitrogen and oxygen atoms in total. The van der Waals surface area contributed by atoms with Gasteiger partial charge in [0.15, 0.2) is 11.6 Å². The number of piperidine rings is 1. The summed E-state index contributed by atoms with van der Waals surface area (Å²) in [6.07, 6.45) is 0. The zero-order valence-electron chi connectivity index (χ0n) is 25.7. The van der Waals surface area contributed by atoms with Crippen molar-refractivity contribution >= 4 is 17.6 Å². The van der Waals surface area contributed by atoms with Crippen LogP contribution in [0.25, 0.3) is 0 Å². The summed E-state index contributed by atoms with van der Waals surface area (Å²) in [5, 5.41) is 0. The van der Waals surface area contributed by atoms with E-state index in [-0.39, 0.29) is 30.7 Å². The molecule has 228 valence electrons. The lowest BCUT2D eigenvalue weighted by molar-refractivity contribution is 0.0598. The molecule has 3 aromatic rings. The molecule has 1 heterocycles. The number of likely N-dealkylation sites (N-methyl/N-ethyl adjacent to an activating group) is 2. The average Bonchev–Trinajstić information content (AvgIpc) is 3.03. The van der Waals surface area contributed by atoms with Crippen molar-refractivity contribution in [1.29, 1.82) is 0 Å². The van der Waals surface area contributed by atoms with Gasteiger partial charge in [0.2, 0.25) is 0 Å². The highest BCUT2D eigenvalue weighted by Crippen LogP contribution is 2.43. The van der Waals surface area contributed by atoms with Crippen LogP contribution in [0.5, 0.6) is 11.5 Å². The van der Waals surface area contributed by atoms with Crippen LogP contribution in [0.4, 0.5) is 9.18 Å². The van der Waals surface area contributed by atoms with Crippen LogP contribution in [0.15, 0.2) is 66.7 Å². The third-order valence-electron chi connectivity index (χ3n) is 8.23. The highest BCUT2D eigenvalue weighted by Gasteiger charge is 2.47. The summed E-state index contributed by atoms with van der Waals surface area (Å²) < 4.78 is 25.8. The molecule has 2 amide bonds. The van der Waals surface area contributed by atoms with Crippen molar-refractivity contribution in [1.82, 2.24) is 14.7 Å². The van der Waals surface area contributed by atoms with Crippen molar-refractivity contribution in [2.75, 3.05) is 61.5 Å². The zero-order valence-corrected chi connectivity index (χ0v) is 25.7. The van der Waals surface area contributed by atoms with E-state index in [9.17, 15) is 14.4 Å². The third-order valence-corrected chi connectivity index (χ3v) is 8.23. The second kappa shape index (κ2) is 13.8. The molecule has 1 aliphatic heterocycles. The fraction of sp³-hybridized carbons (Fsp3) is 0.382. The molecular formula is C34H40FN3O5. The smallest absolute Gasteiger partial charge is 0.319 e. The van der Waals surface area contributed by atoms with Crippen molar-refractivity contribution in [2.24, 2.45) is 11.8 Å². The number of halogens is 1. The number of benzene rings is 3. The Labute approximate surface area is 253 Å². The first-order valence-electron chi connectivity index (χ1n) is 14.3. The number of ether oxygens (including phenoxy) is 2. The molecule has 0 N–H and O–H groups in total. The van der Waals surface area contributed by atoms with Gasteiger partial charge in [0, 0.05) is 62.1 Å². The molecule has 0 unspecified atom stereocenters. The Kier molecular flexibility index (Phi) is 10.2. The summed E-state index contributed by atoms with van der Waals surface area (Å²) in [6.45, 7) is 2.93. The second-order valence-corrected chi connectivity index (χ2v) is 11.3. The zero-order chi connectivity index (χ0) is 31.3. The minimum atomic E-state index is -0.827.